The molecule has 0 unspecified atom stereocenters. The summed E-state index contributed by atoms with van der Waals surface area (Å²) in [6.45, 7) is 6.04. The number of amides is 1. The molecule has 0 saturated heterocycles. The number of imidazole rings is 1. The number of thiophene rings is 1. The maximum atomic E-state index is 12.5. The van der Waals surface area contributed by atoms with Crippen molar-refractivity contribution >= 4 is 33.9 Å². The van der Waals surface area contributed by atoms with Crippen molar-refractivity contribution in [3.8, 4) is 0 Å². The molecule has 0 aromatic carbocycles. The van der Waals surface area contributed by atoms with E-state index < -0.39 is 5.97 Å². The molecule has 0 aliphatic rings. The fourth-order valence-electron chi connectivity index (χ4n) is 2.69. The number of anilines is 1. The summed E-state index contributed by atoms with van der Waals surface area (Å²) in [5.41, 5.74) is 2.98. The highest BCUT2D eigenvalue weighted by atomic mass is 32.1. The number of ether oxygens (including phenoxy) is 1. The Kier molecular flexibility index (Phi) is 5.37. The van der Waals surface area contributed by atoms with Crippen LogP contribution in [0.15, 0.2) is 30.6 Å². The lowest BCUT2D eigenvalue weighted by atomic mass is 10.2. The van der Waals surface area contributed by atoms with Gasteiger partial charge >= 0.3 is 5.97 Å². The SMILES string of the molecule is CCOC(=O)c1cc(CC)sc1NC(=O)Cc1cn2cccc(C)c2n1. The van der Waals surface area contributed by atoms with Gasteiger partial charge in [-0.3, -0.25) is 4.79 Å². The van der Waals surface area contributed by atoms with Crippen LogP contribution in [0.3, 0.4) is 0 Å². The zero-order valence-corrected chi connectivity index (χ0v) is 15.9. The number of fused-ring (bicyclic) bond motifs is 1. The lowest BCUT2D eigenvalue weighted by molar-refractivity contribution is -0.115. The molecule has 7 heteroatoms. The summed E-state index contributed by atoms with van der Waals surface area (Å²) in [6.07, 6.45) is 4.68. The Labute approximate surface area is 155 Å². The fourth-order valence-corrected chi connectivity index (χ4v) is 3.69. The van der Waals surface area contributed by atoms with Crippen LogP contribution in [-0.4, -0.2) is 27.9 Å². The summed E-state index contributed by atoms with van der Waals surface area (Å²) in [6, 6.07) is 5.71. The van der Waals surface area contributed by atoms with Crippen molar-refractivity contribution in [1.82, 2.24) is 9.38 Å². The van der Waals surface area contributed by atoms with Crippen LogP contribution < -0.4 is 5.32 Å². The van der Waals surface area contributed by atoms with Gasteiger partial charge in [0.05, 0.1) is 24.3 Å². The van der Waals surface area contributed by atoms with Crippen LogP contribution in [-0.2, 0) is 22.4 Å². The van der Waals surface area contributed by atoms with Gasteiger partial charge in [-0.1, -0.05) is 13.0 Å². The Balaban J connectivity index is 1.77. The van der Waals surface area contributed by atoms with Gasteiger partial charge in [0.1, 0.15) is 10.6 Å². The number of hydrogen-bond donors (Lipinski definition) is 1. The predicted octanol–water partition coefficient (Wildman–Crippen LogP) is 3.62. The molecule has 0 saturated carbocycles. The number of aromatic nitrogens is 2. The minimum Gasteiger partial charge on any atom is -0.462 e. The molecule has 0 spiro atoms. The zero-order chi connectivity index (χ0) is 18.7. The Morgan fingerprint density at radius 2 is 2.15 bits per heavy atom. The molecule has 3 rings (SSSR count). The molecule has 136 valence electrons. The number of aryl methyl sites for hydroxylation is 2. The van der Waals surface area contributed by atoms with Crippen LogP contribution in [0.4, 0.5) is 5.00 Å². The maximum Gasteiger partial charge on any atom is 0.341 e. The molecule has 0 bridgehead atoms. The van der Waals surface area contributed by atoms with Crippen LogP contribution in [0, 0.1) is 6.92 Å². The molecule has 3 aromatic heterocycles. The minimum absolute atomic E-state index is 0.142. The summed E-state index contributed by atoms with van der Waals surface area (Å²) in [5.74, 6) is -0.622. The van der Waals surface area contributed by atoms with Crippen LogP contribution >= 0.6 is 11.3 Å². The number of hydrogen-bond acceptors (Lipinski definition) is 5. The quantitative estimate of drug-likeness (QED) is 0.672. The number of nitrogens with zero attached hydrogens (tertiary/aromatic N) is 2. The molecule has 26 heavy (non-hydrogen) atoms. The normalized spacial score (nSPS) is 10.9. The molecule has 0 radical (unpaired) electrons. The highest BCUT2D eigenvalue weighted by Crippen LogP contribution is 2.29. The Hall–Kier alpha value is -2.67. The van der Waals surface area contributed by atoms with E-state index >= 15 is 0 Å². The monoisotopic (exact) mass is 371 g/mol. The number of pyridine rings is 1. The van der Waals surface area contributed by atoms with Crippen LogP contribution in [0.1, 0.15) is 40.3 Å². The molecule has 0 aliphatic heterocycles. The van der Waals surface area contributed by atoms with Gasteiger partial charge in [-0.25, -0.2) is 9.78 Å². The van der Waals surface area contributed by atoms with Gasteiger partial charge in [0.15, 0.2) is 0 Å². The first-order valence-corrected chi connectivity index (χ1v) is 9.36. The second-order valence-corrected chi connectivity index (χ2v) is 7.05. The van der Waals surface area contributed by atoms with Crippen LogP contribution in [0.25, 0.3) is 5.65 Å². The average Bonchev–Trinajstić information content (AvgIpc) is 3.19. The first-order chi connectivity index (χ1) is 12.5. The van der Waals surface area contributed by atoms with E-state index in [1.165, 1.54) is 11.3 Å². The minimum atomic E-state index is -0.415. The molecular formula is C19H21N3O3S. The molecule has 6 nitrogen and oxygen atoms in total. The Bertz CT molecular complexity index is 958. The van der Waals surface area contributed by atoms with E-state index in [0.717, 1.165) is 22.5 Å². The van der Waals surface area contributed by atoms with E-state index in [1.54, 1.807) is 13.0 Å². The van der Waals surface area contributed by atoms with Gasteiger partial charge < -0.3 is 14.5 Å². The number of esters is 1. The molecular weight excluding hydrogens is 350 g/mol. The van der Waals surface area contributed by atoms with Gasteiger partial charge in [-0.15, -0.1) is 11.3 Å². The average molecular weight is 371 g/mol. The molecule has 0 atom stereocenters. The lowest BCUT2D eigenvalue weighted by Gasteiger charge is -2.05. The van der Waals surface area contributed by atoms with Crippen molar-refractivity contribution < 1.29 is 14.3 Å². The van der Waals surface area contributed by atoms with E-state index in [0.29, 0.717) is 22.9 Å². The van der Waals surface area contributed by atoms with Gasteiger partial charge in [-0.2, -0.15) is 0 Å². The lowest BCUT2D eigenvalue weighted by Crippen LogP contribution is -2.16. The molecule has 3 aromatic rings. The second-order valence-electron chi connectivity index (χ2n) is 5.91. The van der Waals surface area contributed by atoms with Gasteiger partial charge in [0.2, 0.25) is 5.91 Å². The van der Waals surface area contributed by atoms with E-state index in [9.17, 15) is 9.59 Å². The van der Waals surface area contributed by atoms with Crippen LogP contribution in [0.5, 0.6) is 0 Å². The largest absolute Gasteiger partial charge is 0.462 e. The maximum absolute atomic E-state index is 12.5. The van der Waals surface area contributed by atoms with E-state index in [1.807, 2.05) is 42.8 Å². The van der Waals surface area contributed by atoms with Crippen molar-refractivity contribution in [1.29, 1.82) is 0 Å². The molecule has 1 N–H and O–H groups in total. The highest BCUT2D eigenvalue weighted by molar-refractivity contribution is 7.16. The second kappa shape index (κ2) is 7.70. The summed E-state index contributed by atoms with van der Waals surface area (Å²) < 4.78 is 6.99. The third-order valence-electron chi connectivity index (χ3n) is 3.95. The summed E-state index contributed by atoms with van der Waals surface area (Å²) in [4.78, 5) is 30.1. The summed E-state index contributed by atoms with van der Waals surface area (Å²) in [7, 11) is 0. The van der Waals surface area contributed by atoms with Crippen LogP contribution in [0.2, 0.25) is 0 Å². The van der Waals surface area contributed by atoms with E-state index in [-0.39, 0.29) is 12.3 Å². The third kappa shape index (κ3) is 3.77. The molecule has 0 fully saturated rings. The van der Waals surface area contributed by atoms with Gasteiger partial charge in [0, 0.05) is 17.3 Å². The van der Waals surface area contributed by atoms with Crippen molar-refractivity contribution in [3.05, 3.63) is 52.3 Å². The van der Waals surface area contributed by atoms with Crippen molar-refractivity contribution in [3.63, 3.8) is 0 Å². The standard InChI is InChI=1S/C19H21N3O3S/c1-4-14-10-15(19(24)25-5-2)18(26-14)21-16(23)9-13-11-22-8-6-7-12(3)17(22)20-13/h6-8,10-11H,4-5,9H2,1-3H3,(H,21,23). The van der Waals surface area contributed by atoms with Crippen molar-refractivity contribution in [2.24, 2.45) is 0 Å². The zero-order valence-electron chi connectivity index (χ0n) is 15.0. The number of carbonyl (C=O) groups is 2. The van der Waals surface area contributed by atoms with Gasteiger partial charge in [0.25, 0.3) is 0 Å². The Morgan fingerprint density at radius 1 is 1.35 bits per heavy atom. The molecule has 3 heterocycles. The predicted molar refractivity (Wildman–Crippen MR) is 102 cm³/mol. The van der Waals surface area contributed by atoms with E-state index in [2.05, 4.69) is 10.3 Å². The highest BCUT2D eigenvalue weighted by Gasteiger charge is 2.19. The first kappa shape index (κ1) is 18.1. The van der Waals surface area contributed by atoms with E-state index in [4.69, 9.17) is 4.74 Å². The number of rotatable bonds is 6. The first-order valence-electron chi connectivity index (χ1n) is 8.54. The Morgan fingerprint density at radius 3 is 2.85 bits per heavy atom. The summed E-state index contributed by atoms with van der Waals surface area (Å²) in [5, 5.41) is 3.37. The molecule has 0 aliphatic carbocycles. The number of nitrogens with one attached hydrogen (secondary N) is 1. The molecule has 1 amide bonds. The summed E-state index contributed by atoms with van der Waals surface area (Å²) >= 11 is 1.40. The van der Waals surface area contributed by atoms with Crippen molar-refractivity contribution in [2.45, 2.75) is 33.6 Å². The number of carbonyl (C=O) groups excluding carboxylic acids is 2. The van der Waals surface area contributed by atoms with Crippen molar-refractivity contribution in [2.75, 3.05) is 11.9 Å². The fraction of sp³-hybridized carbons (Fsp3) is 0.316. The topological polar surface area (TPSA) is 72.7 Å². The van der Waals surface area contributed by atoms with Gasteiger partial charge in [-0.05, 0) is 38.0 Å². The third-order valence-corrected chi connectivity index (χ3v) is 5.14. The smallest absolute Gasteiger partial charge is 0.341 e.